The number of benzene rings is 2. The van der Waals surface area contributed by atoms with Gasteiger partial charge in [0, 0.05) is 38.0 Å². The summed E-state index contributed by atoms with van der Waals surface area (Å²) in [4.78, 5) is 42.3. The number of fused-ring (bicyclic) bond motifs is 1. The van der Waals surface area contributed by atoms with E-state index in [1.807, 2.05) is 6.92 Å². The van der Waals surface area contributed by atoms with E-state index in [-0.39, 0.29) is 25.3 Å². The van der Waals surface area contributed by atoms with Crippen molar-refractivity contribution in [3.05, 3.63) is 65.9 Å². The Morgan fingerprint density at radius 2 is 1.67 bits per heavy atom. The Balaban J connectivity index is 0.000000490. The van der Waals surface area contributed by atoms with E-state index < -0.39 is 36.7 Å². The van der Waals surface area contributed by atoms with Crippen LogP contribution in [-0.4, -0.2) is 83.5 Å². The lowest BCUT2D eigenvalue weighted by Crippen LogP contribution is -2.45. The van der Waals surface area contributed by atoms with Crippen molar-refractivity contribution < 1.29 is 37.6 Å². The highest BCUT2D eigenvalue weighted by molar-refractivity contribution is 6.58. The summed E-state index contributed by atoms with van der Waals surface area (Å²) in [6.07, 6.45) is -1.83. The zero-order valence-electron chi connectivity index (χ0n) is 24.9. The fourth-order valence-corrected chi connectivity index (χ4v) is 4.05. The van der Waals surface area contributed by atoms with Crippen LogP contribution in [0.5, 0.6) is 0 Å². The number of aromatic nitrogens is 1. The van der Waals surface area contributed by atoms with E-state index in [4.69, 9.17) is 17.2 Å². The molecule has 10 N–H and O–H groups in total. The number of nitrogens with two attached hydrogens (primary N) is 3. The average molecular weight is 633 g/mol. The molecule has 0 saturated carbocycles. The standard InChI is InChI=1S/C20H30BN7O5.C9H9F3/c22-5-7-28(8-6-23)19(30)4-2-16(24)20(31)26-12-18(29)27-15-10-13-9-14(21(32)33)1-3-17(13)25-11-15;1-2-7-3-5-8(6-4-7)9(10,11)12/h1,3,9-11,16,32-33H,2,4-8,12,22-24H2,(H,26,31)(H,27,29);3-6H,2H2,1H3. The third-order valence-corrected chi connectivity index (χ3v) is 6.56. The molecule has 0 saturated heterocycles. The summed E-state index contributed by atoms with van der Waals surface area (Å²) in [5.74, 6) is -1.24. The van der Waals surface area contributed by atoms with Crippen molar-refractivity contribution in [3.8, 4) is 0 Å². The summed E-state index contributed by atoms with van der Waals surface area (Å²) in [7, 11) is -1.62. The maximum atomic E-state index is 12.2. The molecule has 1 aromatic heterocycles. The van der Waals surface area contributed by atoms with Crippen LogP contribution in [0.25, 0.3) is 10.9 Å². The number of carbonyl (C=O) groups excluding carboxylic acids is 3. The molecule has 16 heteroatoms. The number of pyridine rings is 1. The lowest BCUT2D eigenvalue weighted by atomic mass is 9.80. The van der Waals surface area contributed by atoms with Crippen molar-refractivity contribution in [1.29, 1.82) is 0 Å². The number of hydrogen-bond acceptors (Lipinski definition) is 9. The molecule has 0 bridgehead atoms. The van der Waals surface area contributed by atoms with Gasteiger partial charge in [-0.1, -0.05) is 31.2 Å². The van der Waals surface area contributed by atoms with E-state index in [0.717, 1.165) is 24.1 Å². The summed E-state index contributed by atoms with van der Waals surface area (Å²) < 4.78 is 36.1. The van der Waals surface area contributed by atoms with Gasteiger partial charge in [0.15, 0.2) is 0 Å². The van der Waals surface area contributed by atoms with Gasteiger partial charge in [-0.2, -0.15) is 13.2 Å². The molecule has 1 unspecified atom stereocenters. The zero-order valence-corrected chi connectivity index (χ0v) is 24.9. The van der Waals surface area contributed by atoms with Gasteiger partial charge in [0.05, 0.1) is 35.6 Å². The second-order valence-corrected chi connectivity index (χ2v) is 9.97. The fraction of sp³-hybridized carbons (Fsp3) is 0.379. The molecule has 12 nitrogen and oxygen atoms in total. The zero-order chi connectivity index (χ0) is 33.6. The van der Waals surface area contributed by atoms with E-state index in [2.05, 4.69) is 15.6 Å². The highest BCUT2D eigenvalue weighted by Gasteiger charge is 2.29. The van der Waals surface area contributed by atoms with Crippen LogP contribution in [-0.2, 0) is 27.0 Å². The Kier molecular flexibility index (Phi) is 14.9. The summed E-state index contributed by atoms with van der Waals surface area (Å²) in [5.41, 5.74) is 18.4. The van der Waals surface area contributed by atoms with Crippen molar-refractivity contribution in [2.75, 3.05) is 38.0 Å². The number of nitrogens with zero attached hydrogens (tertiary/aromatic N) is 2. The number of carbonyl (C=O) groups is 3. The minimum absolute atomic E-state index is 0.0636. The van der Waals surface area contributed by atoms with E-state index in [0.29, 0.717) is 48.2 Å². The summed E-state index contributed by atoms with van der Waals surface area (Å²) in [5, 5.41) is 24.2. The van der Waals surface area contributed by atoms with Crippen LogP contribution < -0.4 is 33.3 Å². The number of anilines is 1. The Labute approximate surface area is 259 Å². The lowest BCUT2D eigenvalue weighted by Gasteiger charge is -2.22. The maximum Gasteiger partial charge on any atom is 0.488 e. The molecule has 0 radical (unpaired) electrons. The van der Waals surface area contributed by atoms with Gasteiger partial charge in [-0.3, -0.25) is 19.4 Å². The molecule has 1 atom stereocenters. The predicted octanol–water partition coefficient (Wildman–Crippen LogP) is 0.0906. The van der Waals surface area contributed by atoms with Gasteiger partial charge >= 0.3 is 13.3 Å². The van der Waals surface area contributed by atoms with Crippen molar-refractivity contribution in [3.63, 3.8) is 0 Å². The van der Waals surface area contributed by atoms with Gasteiger partial charge in [-0.25, -0.2) is 0 Å². The second kappa shape index (κ2) is 18.0. The molecule has 244 valence electrons. The van der Waals surface area contributed by atoms with Crippen molar-refractivity contribution >= 4 is 46.9 Å². The Hall–Kier alpha value is -4.09. The molecule has 2 aromatic carbocycles. The Morgan fingerprint density at radius 3 is 2.22 bits per heavy atom. The second-order valence-electron chi connectivity index (χ2n) is 9.97. The molecule has 3 rings (SSSR count). The van der Waals surface area contributed by atoms with E-state index in [1.54, 1.807) is 24.3 Å². The van der Waals surface area contributed by atoms with Crippen LogP contribution in [0.4, 0.5) is 18.9 Å². The van der Waals surface area contributed by atoms with Crippen LogP contribution in [0, 0.1) is 0 Å². The third-order valence-electron chi connectivity index (χ3n) is 6.56. The Morgan fingerprint density at radius 1 is 1.02 bits per heavy atom. The van der Waals surface area contributed by atoms with Gasteiger partial charge in [-0.15, -0.1) is 0 Å². The molecular formula is C29H39BF3N7O5. The first-order valence-corrected chi connectivity index (χ1v) is 14.2. The van der Waals surface area contributed by atoms with Gasteiger partial charge in [0.1, 0.15) is 0 Å². The van der Waals surface area contributed by atoms with Gasteiger partial charge in [0.25, 0.3) is 0 Å². The molecule has 0 aliphatic heterocycles. The molecule has 1 heterocycles. The number of nitrogens with one attached hydrogen (secondary N) is 2. The summed E-state index contributed by atoms with van der Waals surface area (Å²) >= 11 is 0. The average Bonchev–Trinajstić information content (AvgIpc) is 3.01. The van der Waals surface area contributed by atoms with Crippen molar-refractivity contribution in [1.82, 2.24) is 15.2 Å². The number of aryl methyl sites for hydroxylation is 1. The van der Waals surface area contributed by atoms with Crippen LogP contribution in [0.15, 0.2) is 54.7 Å². The molecule has 0 aliphatic carbocycles. The monoisotopic (exact) mass is 633 g/mol. The number of hydrogen-bond donors (Lipinski definition) is 7. The molecule has 45 heavy (non-hydrogen) atoms. The highest BCUT2D eigenvalue weighted by Crippen LogP contribution is 2.29. The van der Waals surface area contributed by atoms with Crippen LogP contribution in [0.2, 0.25) is 0 Å². The minimum Gasteiger partial charge on any atom is -0.423 e. The van der Waals surface area contributed by atoms with Crippen LogP contribution >= 0.6 is 0 Å². The van der Waals surface area contributed by atoms with E-state index >= 15 is 0 Å². The lowest BCUT2D eigenvalue weighted by molar-refractivity contribution is -0.137. The topological polar surface area (TPSA) is 210 Å². The number of halogens is 3. The van der Waals surface area contributed by atoms with Gasteiger partial charge < -0.3 is 42.8 Å². The normalized spacial score (nSPS) is 11.7. The largest absolute Gasteiger partial charge is 0.488 e. The Bertz CT molecular complexity index is 1410. The number of amides is 3. The van der Waals surface area contributed by atoms with Crippen molar-refractivity contribution in [2.24, 2.45) is 17.2 Å². The molecule has 0 fully saturated rings. The predicted molar refractivity (Wildman–Crippen MR) is 166 cm³/mol. The van der Waals surface area contributed by atoms with Crippen molar-refractivity contribution in [2.45, 2.75) is 38.4 Å². The first kappa shape index (κ1) is 37.1. The number of rotatable bonds is 13. The summed E-state index contributed by atoms with van der Waals surface area (Å²) in [6.45, 7) is 2.96. The van der Waals surface area contributed by atoms with Crippen LogP contribution in [0.3, 0.4) is 0 Å². The molecule has 0 aliphatic rings. The highest BCUT2D eigenvalue weighted by atomic mass is 19.4. The smallest absolute Gasteiger partial charge is 0.423 e. The SMILES string of the molecule is CCc1ccc(C(F)(F)F)cc1.NCCN(CCN)C(=O)CCC(N)C(=O)NCC(=O)Nc1cnc2ccc(B(O)O)cc2c1. The van der Waals surface area contributed by atoms with E-state index in [1.165, 1.54) is 23.2 Å². The maximum absolute atomic E-state index is 12.2. The first-order valence-electron chi connectivity index (χ1n) is 14.2. The summed E-state index contributed by atoms with van der Waals surface area (Å²) in [6, 6.07) is 10.6. The fourth-order valence-electron chi connectivity index (χ4n) is 4.05. The molecule has 3 amide bonds. The third kappa shape index (κ3) is 12.4. The van der Waals surface area contributed by atoms with Gasteiger partial charge in [-0.05, 0) is 48.1 Å². The molecular weight excluding hydrogens is 594 g/mol. The van der Waals surface area contributed by atoms with Gasteiger partial charge in [0.2, 0.25) is 17.7 Å². The molecule has 3 aromatic rings. The van der Waals surface area contributed by atoms with Crippen LogP contribution in [0.1, 0.15) is 30.9 Å². The quantitative estimate of drug-likeness (QED) is 0.127. The minimum atomic E-state index is -4.22. The first-order chi connectivity index (χ1) is 21.3. The van der Waals surface area contributed by atoms with E-state index in [9.17, 15) is 37.6 Å². The number of alkyl halides is 3. The molecule has 0 spiro atoms.